The quantitative estimate of drug-likeness (QED) is 0.324. The van der Waals surface area contributed by atoms with Crippen LogP contribution in [0.5, 0.6) is 0 Å². The van der Waals surface area contributed by atoms with Gasteiger partial charge in [0.05, 0.1) is 11.5 Å². The van der Waals surface area contributed by atoms with Gasteiger partial charge in [-0.1, -0.05) is 27.4 Å². The molecule has 10 heteroatoms. The molecule has 1 spiro atoms. The van der Waals surface area contributed by atoms with Crippen molar-refractivity contribution in [2.24, 2.45) is 34.0 Å². The summed E-state index contributed by atoms with van der Waals surface area (Å²) >= 11 is 0. The number of hydrogen-bond donors (Lipinski definition) is 1. The molecule has 4 rings (SSSR count). The van der Waals surface area contributed by atoms with Crippen molar-refractivity contribution in [2.75, 3.05) is 0 Å². The van der Waals surface area contributed by atoms with Crippen LogP contribution in [0.3, 0.4) is 0 Å². The molecular formula is C28H38O10. The van der Waals surface area contributed by atoms with Crippen LogP contribution >= 0.6 is 0 Å². The third-order valence-corrected chi connectivity index (χ3v) is 9.87. The fraction of sp³-hybridized carbons (Fsp3) is 0.750. The average Bonchev–Trinajstić information content (AvgIpc) is 2.99. The number of esters is 4. The molecule has 4 aliphatic carbocycles. The molecule has 0 saturated heterocycles. The van der Waals surface area contributed by atoms with Crippen LogP contribution in [0.4, 0.5) is 0 Å². The molecule has 0 heterocycles. The van der Waals surface area contributed by atoms with E-state index in [4.69, 9.17) is 18.9 Å². The Morgan fingerprint density at radius 2 is 1.32 bits per heavy atom. The van der Waals surface area contributed by atoms with Crippen LogP contribution in [-0.4, -0.2) is 65.3 Å². The van der Waals surface area contributed by atoms with Crippen molar-refractivity contribution in [3.63, 3.8) is 0 Å². The zero-order chi connectivity index (χ0) is 28.5. The van der Waals surface area contributed by atoms with Crippen LogP contribution in [0.25, 0.3) is 0 Å². The molecule has 0 radical (unpaired) electrons. The van der Waals surface area contributed by atoms with Crippen LogP contribution in [0.1, 0.15) is 67.7 Å². The number of aliphatic hydroxyl groups excluding tert-OH is 1. The third-order valence-electron chi connectivity index (χ3n) is 9.87. The molecule has 0 unspecified atom stereocenters. The Hall–Kier alpha value is -2.75. The van der Waals surface area contributed by atoms with Crippen molar-refractivity contribution in [1.82, 2.24) is 0 Å². The molecule has 4 aliphatic rings. The number of aliphatic hydroxyl groups is 1. The van der Waals surface area contributed by atoms with Crippen molar-refractivity contribution >= 4 is 29.7 Å². The smallest absolute Gasteiger partial charge is 0.303 e. The minimum absolute atomic E-state index is 0.144. The highest BCUT2D eigenvalue weighted by atomic mass is 16.6. The van der Waals surface area contributed by atoms with Gasteiger partial charge in [-0.25, -0.2) is 0 Å². The zero-order valence-electron chi connectivity index (χ0n) is 23.1. The molecule has 0 aromatic rings. The van der Waals surface area contributed by atoms with E-state index in [-0.39, 0.29) is 30.6 Å². The van der Waals surface area contributed by atoms with Gasteiger partial charge in [0.2, 0.25) is 0 Å². The molecule has 4 saturated carbocycles. The molecule has 0 amide bonds. The molecule has 38 heavy (non-hydrogen) atoms. The van der Waals surface area contributed by atoms with E-state index >= 15 is 0 Å². The van der Waals surface area contributed by atoms with E-state index in [2.05, 4.69) is 6.58 Å². The molecule has 2 bridgehead atoms. The SMILES string of the molecule is C=C1C(=O)[C@@]23C[C@@H]1[C@H](O)[C@@H](OC(C)=O)[C@@H]2[C@@]1(C)[C@H](OC(C)=O)C[C@@H](OC(C)=O)C(C)(C)[C@@H]1C[C@H]3OC(C)=O. The fourth-order valence-electron chi connectivity index (χ4n) is 8.61. The first-order valence-corrected chi connectivity index (χ1v) is 13.1. The molecular weight excluding hydrogens is 496 g/mol. The molecule has 0 aromatic carbocycles. The van der Waals surface area contributed by atoms with Crippen molar-refractivity contribution in [3.05, 3.63) is 12.2 Å². The maximum Gasteiger partial charge on any atom is 0.303 e. The lowest BCUT2D eigenvalue weighted by atomic mass is 9.38. The van der Waals surface area contributed by atoms with Crippen LogP contribution in [-0.2, 0) is 42.9 Å². The molecule has 0 aromatic heterocycles. The Bertz CT molecular complexity index is 1090. The highest BCUT2D eigenvalue weighted by molar-refractivity contribution is 6.04. The average molecular weight is 535 g/mol. The summed E-state index contributed by atoms with van der Waals surface area (Å²) in [6.07, 6.45) is -4.31. The van der Waals surface area contributed by atoms with Gasteiger partial charge < -0.3 is 24.1 Å². The summed E-state index contributed by atoms with van der Waals surface area (Å²) in [5.41, 5.74) is -2.93. The van der Waals surface area contributed by atoms with Crippen molar-refractivity contribution in [3.8, 4) is 0 Å². The van der Waals surface area contributed by atoms with Gasteiger partial charge in [-0.3, -0.25) is 24.0 Å². The second-order valence-electron chi connectivity index (χ2n) is 12.3. The molecule has 0 aliphatic heterocycles. The number of carbonyl (C=O) groups excluding carboxylic acids is 5. The maximum absolute atomic E-state index is 14.1. The van der Waals surface area contributed by atoms with E-state index in [1.54, 1.807) is 0 Å². The van der Waals surface area contributed by atoms with Gasteiger partial charge >= 0.3 is 23.9 Å². The van der Waals surface area contributed by atoms with Crippen LogP contribution in [0.2, 0.25) is 0 Å². The Morgan fingerprint density at radius 1 is 0.816 bits per heavy atom. The number of fused-ring (bicyclic) bond motifs is 3. The maximum atomic E-state index is 14.1. The number of hydrogen-bond acceptors (Lipinski definition) is 10. The van der Waals surface area contributed by atoms with Gasteiger partial charge in [0, 0.05) is 56.8 Å². The molecule has 10 atom stereocenters. The van der Waals surface area contributed by atoms with Gasteiger partial charge in [0.15, 0.2) is 5.78 Å². The van der Waals surface area contributed by atoms with Gasteiger partial charge in [-0.2, -0.15) is 0 Å². The lowest BCUT2D eigenvalue weighted by Crippen LogP contribution is -2.74. The van der Waals surface area contributed by atoms with Crippen molar-refractivity contribution in [1.29, 1.82) is 0 Å². The van der Waals surface area contributed by atoms with E-state index in [1.165, 1.54) is 27.7 Å². The summed E-state index contributed by atoms with van der Waals surface area (Å²) in [7, 11) is 0. The second kappa shape index (κ2) is 9.17. The molecule has 4 fully saturated rings. The third kappa shape index (κ3) is 3.89. The van der Waals surface area contributed by atoms with Crippen molar-refractivity contribution < 1.29 is 48.0 Å². The highest BCUT2D eigenvalue weighted by Crippen LogP contribution is 2.72. The van der Waals surface area contributed by atoms with Crippen molar-refractivity contribution in [2.45, 2.75) is 98.2 Å². The van der Waals surface area contributed by atoms with Crippen LogP contribution in [0.15, 0.2) is 12.2 Å². The first-order chi connectivity index (χ1) is 17.5. The predicted octanol–water partition coefficient (Wildman–Crippen LogP) is 2.29. The number of rotatable bonds is 4. The monoisotopic (exact) mass is 534 g/mol. The topological polar surface area (TPSA) is 143 Å². The fourth-order valence-corrected chi connectivity index (χ4v) is 8.61. The van der Waals surface area contributed by atoms with E-state index < -0.39 is 88.4 Å². The Morgan fingerprint density at radius 3 is 1.84 bits per heavy atom. The largest absolute Gasteiger partial charge is 0.462 e. The van der Waals surface area contributed by atoms with Gasteiger partial charge in [-0.05, 0) is 24.3 Å². The summed E-state index contributed by atoms with van der Waals surface area (Å²) < 4.78 is 23.3. The second-order valence-corrected chi connectivity index (χ2v) is 12.3. The summed E-state index contributed by atoms with van der Waals surface area (Å²) in [6.45, 7) is 14.8. The summed E-state index contributed by atoms with van der Waals surface area (Å²) in [4.78, 5) is 63.2. The lowest BCUT2D eigenvalue weighted by Gasteiger charge is -2.68. The molecule has 210 valence electrons. The molecule has 1 N–H and O–H groups in total. The first-order valence-electron chi connectivity index (χ1n) is 13.1. The van der Waals surface area contributed by atoms with Crippen LogP contribution < -0.4 is 0 Å². The zero-order valence-corrected chi connectivity index (χ0v) is 23.1. The summed E-state index contributed by atoms with van der Waals surface area (Å²) in [6, 6.07) is 0. The van der Waals surface area contributed by atoms with E-state index in [0.29, 0.717) is 0 Å². The standard InChI is InChI=1S/C28H38O10/c1-12-17-11-28(25(12)34)21(37-15(4)31)9-18-26(6,7)19(35-13(2)29)10-20(36-14(3)30)27(18,8)24(28)23(22(17)33)38-16(5)32/h17-24,33H,1,9-11H2,2-8H3/t17-,18-,19+,20+,21+,22-,23+,24+,27+,28+/m0/s1. The molecule has 10 nitrogen and oxygen atoms in total. The minimum Gasteiger partial charge on any atom is -0.462 e. The Labute approximate surface area is 222 Å². The Balaban J connectivity index is 2.01. The predicted molar refractivity (Wildman–Crippen MR) is 131 cm³/mol. The number of Topliss-reactive ketones (excluding diaryl/α,β-unsaturated/α-hetero) is 1. The van der Waals surface area contributed by atoms with E-state index in [9.17, 15) is 29.1 Å². The summed E-state index contributed by atoms with van der Waals surface area (Å²) in [5, 5.41) is 11.5. The minimum atomic E-state index is -1.35. The highest BCUT2D eigenvalue weighted by Gasteiger charge is 2.78. The van der Waals surface area contributed by atoms with Gasteiger partial charge in [0.25, 0.3) is 0 Å². The van der Waals surface area contributed by atoms with Gasteiger partial charge in [-0.15, -0.1) is 0 Å². The Kier molecular flexibility index (Phi) is 6.82. The van der Waals surface area contributed by atoms with E-state index in [0.717, 1.165) is 0 Å². The number of carbonyl (C=O) groups is 5. The number of ketones is 1. The normalized spacial score (nSPS) is 42.8. The van der Waals surface area contributed by atoms with Crippen LogP contribution in [0, 0.1) is 34.0 Å². The van der Waals surface area contributed by atoms with E-state index in [1.807, 2.05) is 20.8 Å². The first kappa shape index (κ1) is 28.3. The van der Waals surface area contributed by atoms with Gasteiger partial charge in [0.1, 0.15) is 24.4 Å². The summed E-state index contributed by atoms with van der Waals surface area (Å²) in [5.74, 6) is -4.63. The number of ether oxygens (including phenoxy) is 4. The lowest BCUT2D eigenvalue weighted by molar-refractivity contribution is -0.289.